The first kappa shape index (κ1) is 21.8. The van der Waals surface area contributed by atoms with Crippen LogP contribution in [0.25, 0.3) is 22.4 Å². The lowest BCUT2D eigenvalue weighted by molar-refractivity contribution is 0.0847. The van der Waals surface area contributed by atoms with Gasteiger partial charge in [0.25, 0.3) is 17.5 Å². The molecule has 2 amide bonds. The molecule has 0 aliphatic rings. The van der Waals surface area contributed by atoms with E-state index in [0.29, 0.717) is 33.8 Å². The number of methoxy groups -OCH3 is 2. The lowest BCUT2D eigenvalue weighted by Gasteiger charge is -2.11. The number of ether oxygens (including phenoxy) is 2. The highest BCUT2D eigenvalue weighted by Crippen LogP contribution is 2.28. The van der Waals surface area contributed by atoms with Crippen LogP contribution in [0.2, 0.25) is 0 Å². The molecule has 2 aromatic carbocycles. The molecule has 0 saturated carbocycles. The van der Waals surface area contributed by atoms with Crippen molar-refractivity contribution in [2.45, 2.75) is 6.92 Å². The Morgan fingerprint density at radius 1 is 0.939 bits per heavy atom. The number of carbonyl (C=O) groups excluding carboxylic acids is 2. The van der Waals surface area contributed by atoms with Gasteiger partial charge in [0.1, 0.15) is 5.82 Å². The summed E-state index contributed by atoms with van der Waals surface area (Å²) in [6, 6.07) is 11.8. The molecule has 0 saturated heterocycles. The zero-order valence-electron chi connectivity index (χ0n) is 17.9. The number of aryl methyl sites for hydroxylation is 1. The molecule has 0 atom stereocenters. The van der Waals surface area contributed by atoms with Crippen LogP contribution in [-0.4, -0.2) is 36.2 Å². The van der Waals surface area contributed by atoms with Crippen LogP contribution in [0.15, 0.2) is 53.1 Å². The third-order valence-corrected chi connectivity index (χ3v) is 4.94. The highest BCUT2D eigenvalue weighted by molar-refractivity contribution is 6.08. The number of rotatable bonds is 5. The molecule has 0 unspecified atom stereocenters. The number of amides is 2. The molecule has 33 heavy (non-hydrogen) atoms. The molecule has 4 rings (SSSR count). The number of hydrogen-bond acceptors (Lipinski definition) is 7. The number of pyridine rings is 1. The first-order valence-corrected chi connectivity index (χ1v) is 9.77. The third kappa shape index (κ3) is 4.31. The van der Waals surface area contributed by atoms with E-state index in [-0.39, 0.29) is 16.8 Å². The third-order valence-electron chi connectivity index (χ3n) is 4.94. The summed E-state index contributed by atoms with van der Waals surface area (Å²) in [6.07, 6.45) is 0. The minimum Gasteiger partial charge on any atom is -0.493 e. The Labute approximate surface area is 187 Å². The second-order valence-corrected chi connectivity index (χ2v) is 6.99. The Morgan fingerprint density at radius 2 is 1.64 bits per heavy atom. The Morgan fingerprint density at radius 3 is 2.33 bits per heavy atom. The quantitative estimate of drug-likeness (QED) is 0.448. The Balaban J connectivity index is 1.60. The summed E-state index contributed by atoms with van der Waals surface area (Å²) in [5.74, 6) is -0.725. The molecule has 0 bridgehead atoms. The van der Waals surface area contributed by atoms with E-state index in [4.69, 9.17) is 14.0 Å². The fourth-order valence-electron chi connectivity index (χ4n) is 3.27. The number of halogens is 1. The summed E-state index contributed by atoms with van der Waals surface area (Å²) in [5, 5.41) is 4.28. The predicted octanol–water partition coefficient (Wildman–Crippen LogP) is 3.43. The first-order chi connectivity index (χ1) is 15.9. The van der Waals surface area contributed by atoms with Crippen LogP contribution in [0.1, 0.15) is 26.4 Å². The van der Waals surface area contributed by atoms with Gasteiger partial charge in [-0.1, -0.05) is 5.16 Å². The van der Waals surface area contributed by atoms with Gasteiger partial charge in [0, 0.05) is 11.1 Å². The molecule has 2 heterocycles. The summed E-state index contributed by atoms with van der Waals surface area (Å²) in [5.41, 5.74) is 6.77. The molecule has 0 aliphatic heterocycles. The monoisotopic (exact) mass is 450 g/mol. The van der Waals surface area contributed by atoms with E-state index in [2.05, 4.69) is 21.0 Å². The fourth-order valence-corrected chi connectivity index (χ4v) is 3.27. The molecule has 0 aliphatic carbocycles. The second kappa shape index (κ2) is 8.95. The fraction of sp³-hybridized carbons (Fsp3) is 0.130. The second-order valence-electron chi connectivity index (χ2n) is 6.99. The Bertz CT molecular complexity index is 1350. The van der Waals surface area contributed by atoms with Gasteiger partial charge in [-0.3, -0.25) is 20.4 Å². The van der Waals surface area contributed by atoms with Gasteiger partial charge >= 0.3 is 0 Å². The molecule has 4 aromatic rings. The van der Waals surface area contributed by atoms with Crippen LogP contribution in [0, 0.1) is 12.7 Å². The van der Waals surface area contributed by atoms with Crippen molar-refractivity contribution in [3.05, 3.63) is 71.2 Å². The smallest absolute Gasteiger partial charge is 0.270 e. The van der Waals surface area contributed by atoms with E-state index in [1.54, 1.807) is 13.0 Å². The van der Waals surface area contributed by atoms with Crippen molar-refractivity contribution in [2.24, 2.45) is 0 Å². The van der Waals surface area contributed by atoms with Crippen LogP contribution < -0.4 is 20.3 Å². The topological polar surface area (TPSA) is 116 Å². The lowest BCUT2D eigenvalue weighted by atomic mass is 10.1. The number of nitrogens with zero attached hydrogens (tertiary/aromatic N) is 2. The minimum absolute atomic E-state index is 0.144. The van der Waals surface area contributed by atoms with Crippen molar-refractivity contribution in [1.29, 1.82) is 0 Å². The number of fused-ring (bicyclic) bond motifs is 1. The molecule has 0 spiro atoms. The van der Waals surface area contributed by atoms with Crippen LogP contribution >= 0.6 is 0 Å². The summed E-state index contributed by atoms with van der Waals surface area (Å²) in [7, 11) is 2.94. The zero-order chi connectivity index (χ0) is 23.5. The molecular formula is C23H19FN4O5. The number of hydrazine groups is 1. The summed E-state index contributed by atoms with van der Waals surface area (Å²) in [6.45, 7) is 1.67. The van der Waals surface area contributed by atoms with Crippen molar-refractivity contribution in [1.82, 2.24) is 21.0 Å². The number of nitrogens with one attached hydrogen (secondary N) is 2. The SMILES string of the molecule is COc1ccc(C(=O)NNC(=O)c2cc(-c3ccc(F)cc3)nc3onc(C)c23)cc1OC. The Kier molecular flexibility index (Phi) is 5.90. The zero-order valence-corrected chi connectivity index (χ0v) is 17.9. The molecule has 0 fully saturated rings. The van der Waals surface area contributed by atoms with Crippen molar-refractivity contribution in [3.8, 4) is 22.8 Å². The van der Waals surface area contributed by atoms with Crippen LogP contribution in [0.4, 0.5) is 4.39 Å². The molecule has 2 aromatic heterocycles. The highest BCUT2D eigenvalue weighted by Gasteiger charge is 2.20. The van der Waals surface area contributed by atoms with Crippen molar-refractivity contribution >= 4 is 22.9 Å². The van der Waals surface area contributed by atoms with Crippen LogP contribution in [0.5, 0.6) is 11.5 Å². The molecular weight excluding hydrogens is 431 g/mol. The number of aromatic nitrogens is 2. The van der Waals surface area contributed by atoms with Crippen LogP contribution in [0.3, 0.4) is 0 Å². The summed E-state index contributed by atoms with van der Waals surface area (Å²) < 4.78 is 28.9. The maximum atomic E-state index is 13.3. The molecule has 10 heteroatoms. The van der Waals surface area contributed by atoms with Gasteiger partial charge in [0.15, 0.2) is 11.5 Å². The summed E-state index contributed by atoms with van der Waals surface area (Å²) in [4.78, 5) is 29.9. The van der Waals surface area contributed by atoms with Gasteiger partial charge in [-0.05, 0) is 55.5 Å². The maximum absolute atomic E-state index is 13.3. The van der Waals surface area contributed by atoms with Gasteiger partial charge < -0.3 is 14.0 Å². The Hall–Kier alpha value is -4.47. The van der Waals surface area contributed by atoms with E-state index in [1.165, 1.54) is 56.7 Å². The van der Waals surface area contributed by atoms with E-state index < -0.39 is 17.6 Å². The molecule has 168 valence electrons. The van der Waals surface area contributed by atoms with Gasteiger partial charge in [0.05, 0.1) is 36.6 Å². The molecule has 0 radical (unpaired) electrons. The highest BCUT2D eigenvalue weighted by atomic mass is 19.1. The van der Waals surface area contributed by atoms with Crippen molar-refractivity contribution in [2.75, 3.05) is 14.2 Å². The van der Waals surface area contributed by atoms with Gasteiger partial charge in [-0.2, -0.15) is 0 Å². The minimum atomic E-state index is -0.606. The van der Waals surface area contributed by atoms with Crippen LogP contribution in [-0.2, 0) is 0 Å². The molecule has 9 nitrogen and oxygen atoms in total. The standard InChI is InChI=1S/C23H19FN4O5/c1-12-20-16(11-17(25-23(20)33-28-12)13-4-7-15(24)8-5-13)22(30)27-26-21(29)14-6-9-18(31-2)19(10-14)32-3/h4-11H,1-3H3,(H,26,29)(H,27,30). The van der Waals surface area contributed by atoms with Crippen molar-refractivity contribution < 1.29 is 28.0 Å². The van der Waals surface area contributed by atoms with Gasteiger partial charge in [-0.25, -0.2) is 9.37 Å². The van der Waals surface area contributed by atoms with Gasteiger partial charge in [-0.15, -0.1) is 0 Å². The van der Waals surface area contributed by atoms with Crippen molar-refractivity contribution in [3.63, 3.8) is 0 Å². The number of hydrogen-bond donors (Lipinski definition) is 2. The predicted molar refractivity (Wildman–Crippen MR) is 116 cm³/mol. The first-order valence-electron chi connectivity index (χ1n) is 9.77. The van der Waals surface area contributed by atoms with E-state index in [1.807, 2.05) is 0 Å². The van der Waals surface area contributed by atoms with E-state index >= 15 is 0 Å². The van der Waals surface area contributed by atoms with Gasteiger partial charge in [0.2, 0.25) is 0 Å². The van der Waals surface area contributed by atoms with E-state index in [9.17, 15) is 14.0 Å². The average molecular weight is 450 g/mol. The maximum Gasteiger partial charge on any atom is 0.270 e. The average Bonchev–Trinajstić information content (AvgIpc) is 3.22. The normalized spacial score (nSPS) is 10.7. The largest absolute Gasteiger partial charge is 0.493 e. The number of benzene rings is 2. The number of carbonyl (C=O) groups is 2. The summed E-state index contributed by atoms with van der Waals surface area (Å²) >= 11 is 0. The molecule has 2 N–H and O–H groups in total. The lowest BCUT2D eigenvalue weighted by Crippen LogP contribution is -2.41. The van der Waals surface area contributed by atoms with E-state index in [0.717, 1.165) is 0 Å².